The lowest BCUT2D eigenvalue weighted by molar-refractivity contribution is -0.155. The van der Waals surface area contributed by atoms with Crippen LogP contribution in [0.5, 0.6) is 0 Å². The van der Waals surface area contributed by atoms with Gasteiger partial charge in [0.05, 0.1) is 6.42 Å². The van der Waals surface area contributed by atoms with Crippen molar-refractivity contribution in [3.05, 3.63) is 0 Å². The van der Waals surface area contributed by atoms with E-state index in [0.29, 0.717) is 6.42 Å². The first kappa shape index (κ1) is 12.1. The molecule has 1 N–H and O–H groups in total. The third kappa shape index (κ3) is 7.42. The van der Waals surface area contributed by atoms with Crippen LogP contribution in [0.25, 0.3) is 0 Å². The Kier molecular flexibility index (Phi) is 4.58. The molecule has 0 fully saturated rings. The zero-order chi connectivity index (χ0) is 10.5. The van der Waals surface area contributed by atoms with Gasteiger partial charge in [-0.15, -0.1) is 0 Å². The fourth-order valence-corrected chi connectivity index (χ4v) is 0.925. The monoisotopic (exact) mass is 200 g/mol. The minimum Gasteiger partial charge on any atom is -0.450 e. The van der Waals surface area contributed by atoms with Crippen LogP contribution in [0.2, 0.25) is 0 Å². The molecule has 0 aromatic heterocycles. The van der Waals surface area contributed by atoms with E-state index in [4.69, 9.17) is 5.11 Å². The molecular formula is C7H11F3O3. The summed E-state index contributed by atoms with van der Waals surface area (Å²) in [6, 6.07) is 0. The second kappa shape index (κ2) is 4.94. The van der Waals surface area contributed by atoms with Gasteiger partial charge in [0.1, 0.15) is 6.10 Å². The van der Waals surface area contributed by atoms with Crippen LogP contribution in [-0.4, -0.2) is 23.5 Å². The van der Waals surface area contributed by atoms with Gasteiger partial charge < -0.3 is 9.84 Å². The lowest BCUT2D eigenvalue weighted by atomic mass is 10.1. The molecule has 13 heavy (non-hydrogen) atoms. The van der Waals surface area contributed by atoms with E-state index in [-0.39, 0.29) is 6.42 Å². The number of alkyl halides is 3. The molecule has 0 rings (SSSR count). The molecule has 0 aromatic carbocycles. The van der Waals surface area contributed by atoms with E-state index >= 15 is 0 Å². The Labute approximate surface area is 73.5 Å². The van der Waals surface area contributed by atoms with E-state index in [0.717, 1.165) is 0 Å². The molecule has 0 saturated carbocycles. The molecule has 0 aliphatic rings. The molecule has 6 heteroatoms. The Bertz CT molecular complexity index is 167. The average molecular weight is 200 g/mol. The molecule has 0 aliphatic heterocycles. The van der Waals surface area contributed by atoms with Gasteiger partial charge in [0.2, 0.25) is 0 Å². The van der Waals surface area contributed by atoms with E-state index in [1.165, 1.54) is 0 Å². The summed E-state index contributed by atoms with van der Waals surface area (Å²) in [5.74, 6) is 0. The molecule has 0 spiro atoms. The number of ether oxygens (including phenoxy) is 1. The molecule has 0 aromatic rings. The van der Waals surface area contributed by atoms with Crippen molar-refractivity contribution in [2.24, 2.45) is 0 Å². The molecule has 3 nitrogen and oxygen atoms in total. The Morgan fingerprint density at radius 1 is 1.54 bits per heavy atom. The van der Waals surface area contributed by atoms with E-state index in [1.807, 2.05) is 0 Å². The summed E-state index contributed by atoms with van der Waals surface area (Å²) < 4.78 is 39.5. The Balaban J connectivity index is 4.01. The zero-order valence-electron chi connectivity index (χ0n) is 7.10. The van der Waals surface area contributed by atoms with Crippen molar-refractivity contribution in [1.82, 2.24) is 0 Å². The average Bonchev–Trinajstić information content (AvgIpc) is 1.81. The summed E-state index contributed by atoms with van der Waals surface area (Å²) in [7, 11) is 0. The van der Waals surface area contributed by atoms with Crippen LogP contribution in [0.15, 0.2) is 0 Å². The third-order valence-electron chi connectivity index (χ3n) is 1.34. The van der Waals surface area contributed by atoms with E-state index in [9.17, 15) is 18.0 Å². The SMILES string of the molecule is CCCC(CC(F)(F)F)OC(=O)O. The van der Waals surface area contributed by atoms with Crippen LogP contribution < -0.4 is 0 Å². The predicted molar refractivity (Wildman–Crippen MR) is 38.5 cm³/mol. The first-order valence-electron chi connectivity index (χ1n) is 3.81. The molecule has 0 bridgehead atoms. The minimum atomic E-state index is -4.38. The Morgan fingerprint density at radius 2 is 2.08 bits per heavy atom. The molecule has 0 radical (unpaired) electrons. The van der Waals surface area contributed by atoms with Crippen molar-refractivity contribution in [3.8, 4) is 0 Å². The zero-order valence-corrected chi connectivity index (χ0v) is 7.10. The highest BCUT2D eigenvalue weighted by atomic mass is 19.4. The van der Waals surface area contributed by atoms with Gasteiger partial charge in [0.25, 0.3) is 0 Å². The summed E-state index contributed by atoms with van der Waals surface area (Å²) in [4.78, 5) is 9.98. The molecular weight excluding hydrogens is 189 g/mol. The molecule has 1 atom stereocenters. The van der Waals surface area contributed by atoms with Crippen molar-refractivity contribution in [3.63, 3.8) is 0 Å². The van der Waals surface area contributed by atoms with Gasteiger partial charge in [-0.3, -0.25) is 0 Å². The Morgan fingerprint density at radius 3 is 2.38 bits per heavy atom. The van der Waals surface area contributed by atoms with Gasteiger partial charge in [-0.2, -0.15) is 13.2 Å². The number of carbonyl (C=O) groups is 1. The van der Waals surface area contributed by atoms with Crippen LogP contribution in [0.4, 0.5) is 18.0 Å². The first-order chi connectivity index (χ1) is 5.85. The van der Waals surface area contributed by atoms with Crippen molar-refractivity contribution >= 4 is 6.16 Å². The van der Waals surface area contributed by atoms with Crippen molar-refractivity contribution in [2.75, 3.05) is 0 Å². The molecule has 78 valence electrons. The first-order valence-corrected chi connectivity index (χ1v) is 3.81. The van der Waals surface area contributed by atoms with Gasteiger partial charge in [0.15, 0.2) is 0 Å². The smallest absolute Gasteiger partial charge is 0.450 e. The van der Waals surface area contributed by atoms with Crippen LogP contribution in [0, 0.1) is 0 Å². The van der Waals surface area contributed by atoms with Crippen LogP contribution in [-0.2, 0) is 4.74 Å². The highest BCUT2D eigenvalue weighted by molar-refractivity contribution is 5.57. The number of rotatable bonds is 4. The Hall–Kier alpha value is -0.940. The van der Waals surface area contributed by atoms with Gasteiger partial charge in [0, 0.05) is 0 Å². The van der Waals surface area contributed by atoms with Gasteiger partial charge in [-0.05, 0) is 6.42 Å². The number of hydrogen-bond donors (Lipinski definition) is 1. The summed E-state index contributed by atoms with van der Waals surface area (Å²) in [6.45, 7) is 1.66. The largest absolute Gasteiger partial charge is 0.506 e. The minimum absolute atomic E-state index is 0.0891. The van der Waals surface area contributed by atoms with Gasteiger partial charge in [-0.1, -0.05) is 13.3 Å². The lowest BCUT2D eigenvalue weighted by Gasteiger charge is -2.16. The molecule has 0 amide bonds. The predicted octanol–water partition coefficient (Wildman–Crippen LogP) is 2.80. The van der Waals surface area contributed by atoms with E-state index in [1.54, 1.807) is 6.92 Å². The second-order valence-electron chi connectivity index (χ2n) is 2.61. The fourth-order valence-electron chi connectivity index (χ4n) is 0.925. The van der Waals surface area contributed by atoms with E-state index < -0.39 is 24.9 Å². The lowest BCUT2D eigenvalue weighted by Crippen LogP contribution is -2.24. The number of carboxylic acid groups (broad SMARTS) is 1. The normalized spacial score (nSPS) is 13.8. The third-order valence-corrected chi connectivity index (χ3v) is 1.34. The number of hydrogen-bond acceptors (Lipinski definition) is 2. The quantitative estimate of drug-likeness (QED) is 0.709. The molecule has 0 aliphatic carbocycles. The van der Waals surface area contributed by atoms with Crippen molar-refractivity contribution in [2.45, 2.75) is 38.5 Å². The van der Waals surface area contributed by atoms with Gasteiger partial charge >= 0.3 is 12.3 Å². The second-order valence-corrected chi connectivity index (χ2v) is 2.61. The molecule has 0 saturated heterocycles. The number of halogens is 3. The van der Waals surface area contributed by atoms with E-state index in [2.05, 4.69) is 4.74 Å². The summed E-state index contributed by atoms with van der Waals surface area (Å²) in [6.07, 6.45) is -7.99. The highest BCUT2D eigenvalue weighted by Gasteiger charge is 2.33. The summed E-state index contributed by atoms with van der Waals surface area (Å²) in [5, 5.41) is 8.12. The molecule has 1 unspecified atom stereocenters. The van der Waals surface area contributed by atoms with Crippen molar-refractivity contribution < 1.29 is 27.8 Å². The van der Waals surface area contributed by atoms with Crippen molar-refractivity contribution in [1.29, 1.82) is 0 Å². The maximum Gasteiger partial charge on any atom is 0.506 e. The maximum absolute atomic E-state index is 11.8. The summed E-state index contributed by atoms with van der Waals surface area (Å²) >= 11 is 0. The summed E-state index contributed by atoms with van der Waals surface area (Å²) in [5.41, 5.74) is 0. The molecule has 0 heterocycles. The van der Waals surface area contributed by atoms with Crippen LogP contribution >= 0.6 is 0 Å². The van der Waals surface area contributed by atoms with Crippen LogP contribution in [0.1, 0.15) is 26.2 Å². The topological polar surface area (TPSA) is 46.5 Å². The maximum atomic E-state index is 11.8. The highest BCUT2D eigenvalue weighted by Crippen LogP contribution is 2.24. The van der Waals surface area contributed by atoms with Gasteiger partial charge in [-0.25, -0.2) is 4.79 Å². The van der Waals surface area contributed by atoms with Crippen LogP contribution in [0.3, 0.4) is 0 Å². The fraction of sp³-hybridized carbons (Fsp3) is 0.857. The standard InChI is InChI=1S/C7H11F3O3/c1-2-3-5(13-6(11)12)4-7(8,9)10/h5H,2-4H2,1H3,(H,11,12).